The number of benzene rings is 2. The molecule has 138 valence electrons. The second-order valence-electron chi connectivity index (χ2n) is 6.49. The lowest BCUT2D eigenvalue weighted by Crippen LogP contribution is -1.94. The van der Waals surface area contributed by atoms with E-state index in [0.717, 1.165) is 33.3 Å². The maximum Gasteiger partial charge on any atom is 0.233 e. The summed E-state index contributed by atoms with van der Waals surface area (Å²) in [7, 11) is 1.83. The summed E-state index contributed by atoms with van der Waals surface area (Å²) in [5, 5.41) is 8.29. The van der Waals surface area contributed by atoms with Crippen molar-refractivity contribution in [2.45, 2.75) is 6.92 Å². The molecule has 0 amide bonds. The quantitative estimate of drug-likeness (QED) is 0.494. The zero-order valence-corrected chi connectivity index (χ0v) is 15.3. The fourth-order valence-electron chi connectivity index (χ4n) is 3.09. The first-order valence-electron chi connectivity index (χ1n) is 8.80. The number of fused-ring (bicyclic) bond motifs is 2. The molecule has 0 saturated carbocycles. The van der Waals surface area contributed by atoms with E-state index in [1.807, 2.05) is 43.4 Å². The van der Waals surface area contributed by atoms with Crippen LogP contribution in [0.15, 0.2) is 55.0 Å². The molecule has 0 radical (unpaired) electrons. The molecule has 3 heterocycles. The number of para-hydroxylation sites is 1. The molecule has 3 aromatic heterocycles. The molecule has 0 aliphatic rings. The monoisotopic (exact) mass is 371 g/mol. The van der Waals surface area contributed by atoms with Gasteiger partial charge in [-0.25, -0.2) is 15.0 Å². The van der Waals surface area contributed by atoms with Crippen molar-refractivity contribution < 1.29 is 4.74 Å². The number of aryl methyl sites for hydroxylation is 2. The largest absolute Gasteiger partial charge is 0.438 e. The molecule has 5 rings (SSSR count). The Kier molecular flexibility index (Phi) is 3.68. The summed E-state index contributed by atoms with van der Waals surface area (Å²) in [5.74, 6) is 1.80. The van der Waals surface area contributed by atoms with Gasteiger partial charge >= 0.3 is 0 Å². The zero-order chi connectivity index (χ0) is 19.1. The van der Waals surface area contributed by atoms with E-state index in [1.54, 1.807) is 10.9 Å². The SMILES string of the molecule is Cc1ccccc1Nc1nc2ccc(Oc3ncnc4c3cnn4C)cc2[nH]1. The Morgan fingerprint density at radius 2 is 2.00 bits per heavy atom. The van der Waals surface area contributed by atoms with Crippen molar-refractivity contribution in [3.63, 3.8) is 0 Å². The summed E-state index contributed by atoms with van der Waals surface area (Å²) in [6.07, 6.45) is 3.17. The molecular formula is C20H17N7O. The summed E-state index contributed by atoms with van der Waals surface area (Å²) in [6.45, 7) is 2.05. The van der Waals surface area contributed by atoms with E-state index in [4.69, 9.17) is 4.74 Å². The average Bonchev–Trinajstić information content (AvgIpc) is 3.27. The van der Waals surface area contributed by atoms with Crippen LogP contribution in [0, 0.1) is 6.92 Å². The molecule has 5 aromatic rings. The topological polar surface area (TPSA) is 93.5 Å². The summed E-state index contributed by atoms with van der Waals surface area (Å²) in [5.41, 5.74) is 4.59. The lowest BCUT2D eigenvalue weighted by Gasteiger charge is -2.05. The number of nitrogens with one attached hydrogen (secondary N) is 2. The van der Waals surface area contributed by atoms with Crippen LogP contribution >= 0.6 is 0 Å². The highest BCUT2D eigenvalue weighted by molar-refractivity contribution is 5.82. The maximum atomic E-state index is 5.99. The van der Waals surface area contributed by atoms with Gasteiger partial charge in [0.1, 0.15) is 17.5 Å². The van der Waals surface area contributed by atoms with Gasteiger partial charge in [-0.15, -0.1) is 0 Å². The fourth-order valence-corrected chi connectivity index (χ4v) is 3.09. The lowest BCUT2D eigenvalue weighted by molar-refractivity contribution is 0.469. The van der Waals surface area contributed by atoms with Gasteiger partial charge in [0, 0.05) is 18.8 Å². The predicted octanol–water partition coefficient (Wildman–Crippen LogP) is 4.08. The number of hydrogen-bond acceptors (Lipinski definition) is 6. The van der Waals surface area contributed by atoms with Gasteiger partial charge in [-0.2, -0.15) is 5.10 Å². The molecule has 0 aliphatic heterocycles. The van der Waals surface area contributed by atoms with Crippen LogP contribution in [0.3, 0.4) is 0 Å². The van der Waals surface area contributed by atoms with Crippen LogP contribution in [-0.2, 0) is 7.05 Å². The standard InChI is InChI=1S/C20H17N7O/c1-12-5-3-4-6-15(12)24-20-25-16-8-7-13(9-17(16)26-20)28-19-14-10-23-27(2)18(14)21-11-22-19/h3-11H,1-2H3,(H2,24,25,26). The molecule has 8 heteroatoms. The number of H-pyrrole nitrogens is 1. The lowest BCUT2D eigenvalue weighted by atomic mass is 10.2. The normalized spacial score (nSPS) is 11.2. The van der Waals surface area contributed by atoms with Gasteiger partial charge in [0.15, 0.2) is 5.65 Å². The first-order valence-corrected chi connectivity index (χ1v) is 8.80. The van der Waals surface area contributed by atoms with Gasteiger partial charge in [-0.05, 0) is 30.7 Å². The Morgan fingerprint density at radius 1 is 1.11 bits per heavy atom. The van der Waals surface area contributed by atoms with E-state index >= 15 is 0 Å². The van der Waals surface area contributed by atoms with Crippen molar-refractivity contribution in [1.29, 1.82) is 0 Å². The second kappa shape index (κ2) is 6.34. The molecule has 0 aliphatic carbocycles. The number of nitrogens with zero attached hydrogens (tertiary/aromatic N) is 5. The first kappa shape index (κ1) is 16.2. The van der Waals surface area contributed by atoms with Crippen molar-refractivity contribution in [1.82, 2.24) is 29.7 Å². The van der Waals surface area contributed by atoms with Gasteiger partial charge in [0.25, 0.3) is 0 Å². The fraction of sp³-hybridized carbons (Fsp3) is 0.100. The summed E-state index contributed by atoms with van der Waals surface area (Å²) in [6, 6.07) is 13.7. The number of hydrogen-bond donors (Lipinski definition) is 2. The molecule has 0 unspecified atom stereocenters. The number of ether oxygens (including phenoxy) is 1. The van der Waals surface area contributed by atoms with Crippen LogP contribution in [0.1, 0.15) is 5.56 Å². The van der Waals surface area contributed by atoms with E-state index < -0.39 is 0 Å². The Bertz CT molecular complexity index is 1300. The molecule has 0 fully saturated rings. The highest BCUT2D eigenvalue weighted by Crippen LogP contribution is 2.29. The molecular weight excluding hydrogens is 354 g/mol. The highest BCUT2D eigenvalue weighted by atomic mass is 16.5. The molecule has 28 heavy (non-hydrogen) atoms. The third-order valence-electron chi connectivity index (χ3n) is 4.56. The van der Waals surface area contributed by atoms with Crippen molar-refractivity contribution >= 4 is 33.7 Å². The minimum atomic E-state index is 0.468. The Labute approximate surface area is 160 Å². The number of imidazole rings is 1. The van der Waals surface area contributed by atoms with Gasteiger partial charge in [-0.3, -0.25) is 4.68 Å². The molecule has 0 saturated heterocycles. The third-order valence-corrected chi connectivity index (χ3v) is 4.56. The average molecular weight is 371 g/mol. The minimum absolute atomic E-state index is 0.468. The summed E-state index contributed by atoms with van der Waals surface area (Å²) < 4.78 is 7.67. The van der Waals surface area contributed by atoms with Crippen molar-refractivity contribution in [3.05, 3.63) is 60.6 Å². The Hall–Kier alpha value is -3.94. The van der Waals surface area contributed by atoms with Crippen molar-refractivity contribution in [2.24, 2.45) is 7.05 Å². The molecule has 2 aromatic carbocycles. The van der Waals surface area contributed by atoms with Crippen molar-refractivity contribution in [2.75, 3.05) is 5.32 Å². The summed E-state index contributed by atoms with van der Waals surface area (Å²) in [4.78, 5) is 16.3. The van der Waals surface area contributed by atoms with Crippen LogP contribution in [0.5, 0.6) is 11.6 Å². The number of aromatic amines is 1. The van der Waals surface area contributed by atoms with E-state index in [2.05, 4.69) is 43.3 Å². The van der Waals surface area contributed by atoms with Crippen LogP contribution in [0.25, 0.3) is 22.1 Å². The van der Waals surface area contributed by atoms with Crippen molar-refractivity contribution in [3.8, 4) is 11.6 Å². The highest BCUT2D eigenvalue weighted by Gasteiger charge is 2.11. The molecule has 2 N–H and O–H groups in total. The Morgan fingerprint density at radius 3 is 2.89 bits per heavy atom. The maximum absolute atomic E-state index is 5.99. The summed E-state index contributed by atoms with van der Waals surface area (Å²) >= 11 is 0. The third kappa shape index (κ3) is 2.81. The Balaban J connectivity index is 1.46. The van der Waals surface area contributed by atoms with Crippen LogP contribution in [-0.4, -0.2) is 29.7 Å². The number of anilines is 2. The zero-order valence-electron chi connectivity index (χ0n) is 15.3. The predicted molar refractivity (Wildman–Crippen MR) is 107 cm³/mol. The first-order chi connectivity index (χ1) is 13.7. The van der Waals surface area contributed by atoms with Crippen LogP contribution in [0.2, 0.25) is 0 Å². The van der Waals surface area contributed by atoms with Gasteiger partial charge in [0.05, 0.1) is 17.2 Å². The molecule has 8 nitrogen and oxygen atoms in total. The molecule has 0 spiro atoms. The van der Waals surface area contributed by atoms with Gasteiger partial charge in [-0.1, -0.05) is 18.2 Å². The number of aromatic nitrogens is 6. The smallest absolute Gasteiger partial charge is 0.233 e. The minimum Gasteiger partial charge on any atom is -0.438 e. The molecule has 0 bridgehead atoms. The molecule has 0 atom stereocenters. The van der Waals surface area contributed by atoms with E-state index in [0.29, 0.717) is 17.6 Å². The van der Waals surface area contributed by atoms with E-state index in [9.17, 15) is 0 Å². The number of rotatable bonds is 4. The van der Waals surface area contributed by atoms with E-state index in [-0.39, 0.29) is 0 Å². The second-order valence-corrected chi connectivity index (χ2v) is 6.49. The van der Waals surface area contributed by atoms with Gasteiger partial charge in [0.2, 0.25) is 11.8 Å². The van der Waals surface area contributed by atoms with Crippen LogP contribution < -0.4 is 10.1 Å². The van der Waals surface area contributed by atoms with E-state index in [1.165, 1.54) is 6.33 Å². The van der Waals surface area contributed by atoms with Gasteiger partial charge < -0.3 is 15.0 Å². The van der Waals surface area contributed by atoms with Crippen LogP contribution in [0.4, 0.5) is 11.6 Å².